The summed E-state index contributed by atoms with van der Waals surface area (Å²) in [7, 11) is 1.71. The Bertz CT molecular complexity index is 214. The van der Waals surface area contributed by atoms with Gasteiger partial charge in [0.15, 0.2) is 0 Å². The number of hydrogen-bond acceptors (Lipinski definition) is 4. The summed E-state index contributed by atoms with van der Waals surface area (Å²) in [6, 6.07) is 0. The van der Waals surface area contributed by atoms with Crippen molar-refractivity contribution in [1.82, 2.24) is 0 Å². The normalized spacial score (nSPS) is 11.6. The summed E-state index contributed by atoms with van der Waals surface area (Å²) in [5, 5.41) is 0. The number of carbonyl (C=O) groups is 1. The predicted octanol–water partition coefficient (Wildman–Crippen LogP) is 2.80. The van der Waals surface area contributed by atoms with Crippen molar-refractivity contribution < 1.29 is 19.0 Å². The van der Waals surface area contributed by atoms with E-state index in [1.54, 1.807) is 7.11 Å². The Morgan fingerprint density at radius 2 is 1.67 bits per heavy atom. The first-order valence-electron chi connectivity index (χ1n) is 6.78. The highest BCUT2D eigenvalue weighted by Gasteiger charge is 2.26. The number of carbonyl (C=O) groups excluding carboxylic acids is 1. The highest BCUT2D eigenvalue weighted by atomic mass is 16.6. The summed E-state index contributed by atoms with van der Waals surface area (Å²) in [5.74, 6) is -0.145. The Morgan fingerprint density at radius 3 is 2.28 bits per heavy atom. The molecule has 0 saturated heterocycles. The van der Waals surface area contributed by atoms with Crippen LogP contribution >= 0.6 is 0 Å². The van der Waals surface area contributed by atoms with E-state index in [4.69, 9.17) is 14.2 Å². The van der Waals surface area contributed by atoms with Gasteiger partial charge in [0.05, 0.1) is 12.0 Å². The van der Waals surface area contributed by atoms with Crippen molar-refractivity contribution in [2.24, 2.45) is 5.41 Å². The number of methoxy groups -OCH3 is 1. The van der Waals surface area contributed by atoms with E-state index in [-0.39, 0.29) is 11.4 Å². The third kappa shape index (κ3) is 8.48. The second-order valence-corrected chi connectivity index (χ2v) is 5.04. The SMILES string of the molecule is CCC(C)(C)C(=O)OCCOCCCCCOC. The Hall–Kier alpha value is -0.610. The molecule has 108 valence electrons. The lowest BCUT2D eigenvalue weighted by Crippen LogP contribution is -2.27. The van der Waals surface area contributed by atoms with Crippen LogP contribution in [0.25, 0.3) is 0 Å². The maximum Gasteiger partial charge on any atom is 0.311 e. The molecule has 4 heteroatoms. The molecule has 0 saturated carbocycles. The van der Waals surface area contributed by atoms with E-state index in [1.807, 2.05) is 20.8 Å². The molecular weight excluding hydrogens is 232 g/mol. The predicted molar refractivity (Wildman–Crippen MR) is 71.6 cm³/mol. The summed E-state index contributed by atoms with van der Waals surface area (Å²) in [5.41, 5.74) is -0.389. The molecule has 0 rings (SSSR count). The Kier molecular flexibility index (Phi) is 9.98. The third-order valence-corrected chi connectivity index (χ3v) is 3.03. The van der Waals surface area contributed by atoms with E-state index in [1.165, 1.54) is 0 Å². The second-order valence-electron chi connectivity index (χ2n) is 5.04. The zero-order valence-electron chi connectivity index (χ0n) is 12.3. The number of ether oxygens (including phenoxy) is 3. The van der Waals surface area contributed by atoms with E-state index in [9.17, 15) is 4.79 Å². The van der Waals surface area contributed by atoms with Crippen LogP contribution < -0.4 is 0 Å². The van der Waals surface area contributed by atoms with Crippen molar-refractivity contribution in [1.29, 1.82) is 0 Å². The second kappa shape index (κ2) is 10.3. The first-order chi connectivity index (χ1) is 8.54. The smallest absolute Gasteiger partial charge is 0.311 e. The van der Waals surface area contributed by atoms with Crippen molar-refractivity contribution in [3.63, 3.8) is 0 Å². The fourth-order valence-corrected chi connectivity index (χ4v) is 1.26. The first-order valence-corrected chi connectivity index (χ1v) is 6.78. The van der Waals surface area contributed by atoms with Crippen LogP contribution in [0.5, 0.6) is 0 Å². The Balaban J connectivity index is 3.33. The molecule has 0 aliphatic heterocycles. The lowest BCUT2D eigenvalue weighted by molar-refractivity contribution is -0.155. The van der Waals surface area contributed by atoms with Crippen molar-refractivity contribution >= 4 is 5.97 Å². The molecule has 0 amide bonds. The van der Waals surface area contributed by atoms with Gasteiger partial charge in [-0.05, 0) is 39.5 Å². The molecule has 4 nitrogen and oxygen atoms in total. The molecule has 0 N–H and O–H groups in total. The van der Waals surface area contributed by atoms with Gasteiger partial charge < -0.3 is 14.2 Å². The number of hydrogen-bond donors (Lipinski definition) is 0. The van der Waals surface area contributed by atoms with Crippen LogP contribution in [0.1, 0.15) is 46.5 Å². The zero-order valence-corrected chi connectivity index (χ0v) is 12.3. The van der Waals surface area contributed by atoms with E-state index < -0.39 is 0 Å². The molecule has 0 heterocycles. The van der Waals surface area contributed by atoms with E-state index >= 15 is 0 Å². The molecule has 0 aliphatic rings. The maximum absolute atomic E-state index is 11.6. The first kappa shape index (κ1) is 17.4. The van der Waals surface area contributed by atoms with Gasteiger partial charge >= 0.3 is 5.97 Å². The molecule has 0 aromatic rings. The minimum absolute atomic E-state index is 0.145. The van der Waals surface area contributed by atoms with Gasteiger partial charge in [0.25, 0.3) is 0 Å². The third-order valence-electron chi connectivity index (χ3n) is 3.03. The van der Waals surface area contributed by atoms with Crippen LogP contribution in [0.15, 0.2) is 0 Å². The van der Waals surface area contributed by atoms with Crippen molar-refractivity contribution in [3.8, 4) is 0 Å². The van der Waals surface area contributed by atoms with Crippen LogP contribution in [0, 0.1) is 5.41 Å². The quantitative estimate of drug-likeness (QED) is 0.423. The molecular formula is C14H28O4. The van der Waals surface area contributed by atoms with Crippen molar-refractivity contribution in [2.75, 3.05) is 33.5 Å². The van der Waals surface area contributed by atoms with E-state index in [0.29, 0.717) is 13.2 Å². The van der Waals surface area contributed by atoms with Gasteiger partial charge in [-0.3, -0.25) is 4.79 Å². The largest absolute Gasteiger partial charge is 0.463 e. The molecule has 0 aliphatic carbocycles. The molecule has 0 atom stereocenters. The summed E-state index contributed by atoms with van der Waals surface area (Å²) in [6.07, 6.45) is 3.99. The number of esters is 1. The molecule has 0 unspecified atom stereocenters. The lowest BCUT2D eigenvalue weighted by atomic mass is 9.91. The minimum Gasteiger partial charge on any atom is -0.463 e. The van der Waals surface area contributed by atoms with Crippen LogP contribution in [0.4, 0.5) is 0 Å². The standard InChI is InChI=1S/C14H28O4/c1-5-14(2,3)13(15)18-12-11-17-10-8-6-7-9-16-4/h5-12H2,1-4H3. The van der Waals surface area contributed by atoms with Crippen LogP contribution in [-0.4, -0.2) is 39.5 Å². The Morgan fingerprint density at radius 1 is 1.00 bits per heavy atom. The highest BCUT2D eigenvalue weighted by molar-refractivity contribution is 5.75. The fourth-order valence-electron chi connectivity index (χ4n) is 1.26. The highest BCUT2D eigenvalue weighted by Crippen LogP contribution is 2.21. The van der Waals surface area contributed by atoms with Crippen molar-refractivity contribution in [2.45, 2.75) is 46.5 Å². The van der Waals surface area contributed by atoms with Crippen LogP contribution in [0.3, 0.4) is 0 Å². The summed E-state index contributed by atoms with van der Waals surface area (Å²) in [4.78, 5) is 11.6. The Labute approximate surface area is 111 Å². The van der Waals surface area contributed by atoms with Gasteiger partial charge in [-0.2, -0.15) is 0 Å². The summed E-state index contributed by atoms with van der Waals surface area (Å²) >= 11 is 0. The molecule has 0 spiro atoms. The van der Waals surface area contributed by atoms with Gasteiger partial charge in [0, 0.05) is 20.3 Å². The minimum atomic E-state index is -0.389. The van der Waals surface area contributed by atoms with Gasteiger partial charge in [-0.15, -0.1) is 0 Å². The lowest BCUT2D eigenvalue weighted by Gasteiger charge is -2.20. The van der Waals surface area contributed by atoms with Gasteiger partial charge in [0.2, 0.25) is 0 Å². The van der Waals surface area contributed by atoms with Crippen LogP contribution in [-0.2, 0) is 19.0 Å². The average Bonchev–Trinajstić information content (AvgIpc) is 2.36. The van der Waals surface area contributed by atoms with Gasteiger partial charge in [0.1, 0.15) is 6.61 Å². The molecule has 0 aromatic heterocycles. The molecule has 18 heavy (non-hydrogen) atoms. The fraction of sp³-hybridized carbons (Fsp3) is 0.929. The average molecular weight is 260 g/mol. The molecule has 0 radical (unpaired) electrons. The van der Waals surface area contributed by atoms with Crippen LogP contribution in [0.2, 0.25) is 0 Å². The number of rotatable bonds is 11. The van der Waals surface area contributed by atoms with E-state index in [2.05, 4.69) is 0 Å². The summed E-state index contributed by atoms with van der Waals surface area (Å²) < 4.78 is 15.5. The monoisotopic (exact) mass is 260 g/mol. The summed E-state index contributed by atoms with van der Waals surface area (Å²) in [6.45, 7) is 8.13. The molecule has 0 aromatic carbocycles. The maximum atomic E-state index is 11.6. The topological polar surface area (TPSA) is 44.8 Å². The van der Waals surface area contributed by atoms with E-state index in [0.717, 1.165) is 38.9 Å². The number of unbranched alkanes of at least 4 members (excludes halogenated alkanes) is 2. The van der Waals surface area contributed by atoms with Gasteiger partial charge in [-0.1, -0.05) is 6.92 Å². The van der Waals surface area contributed by atoms with Gasteiger partial charge in [-0.25, -0.2) is 0 Å². The zero-order chi connectivity index (χ0) is 13.9. The molecule has 0 fully saturated rings. The molecule has 0 bridgehead atoms. The van der Waals surface area contributed by atoms with Crippen molar-refractivity contribution in [3.05, 3.63) is 0 Å².